The smallest absolute Gasteiger partial charge is 0.224 e. The number of nitrogens with zero attached hydrogens (tertiary/aromatic N) is 3. The molecule has 1 aliphatic heterocycles. The Kier molecular flexibility index (Phi) is 5.44. The number of anilines is 2. The van der Waals surface area contributed by atoms with E-state index in [-0.39, 0.29) is 5.91 Å². The lowest BCUT2D eigenvalue weighted by Gasteiger charge is -2.18. The van der Waals surface area contributed by atoms with Crippen LogP contribution in [0.5, 0.6) is 0 Å². The zero-order chi connectivity index (χ0) is 18.5. The molecule has 0 unspecified atom stereocenters. The van der Waals surface area contributed by atoms with Gasteiger partial charge in [0.25, 0.3) is 0 Å². The molecule has 1 aromatic carbocycles. The van der Waals surface area contributed by atoms with Gasteiger partial charge < -0.3 is 10.2 Å². The fourth-order valence-electron chi connectivity index (χ4n) is 3.26. The van der Waals surface area contributed by atoms with Crippen LogP contribution in [0.2, 0.25) is 0 Å². The summed E-state index contributed by atoms with van der Waals surface area (Å²) >= 11 is 1.59. The van der Waals surface area contributed by atoms with Gasteiger partial charge in [0.1, 0.15) is 5.01 Å². The molecule has 1 N–H and O–H groups in total. The van der Waals surface area contributed by atoms with E-state index in [1.54, 1.807) is 17.5 Å². The third-order valence-electron chi connectivity index (χ3n) is 4.67. The van der Waals surface area contributed by atoms with Crippen LogP contribution in [-0.2, 0) is 11.2 Å². The van der Waals surface area contributed by atoms with Gasteiger partial charge in [0, 0.05) is 54.2 Å². The minimum Gasteiger partial charge on any atom is -0.371 e. The summed E-state index contributed by atoms with van der Waals surface area (Å²) in [5, 5.41) is 5.97. The average Bonchev–Trinajstić information content (AvgIpc) is 3.40. The van der Waals surface area contributed by atoms with Crippen molar-refractivity contribution in [1.82, 2.24) is 9.97 Å². The molecule has 0 spiro atoms. The molecule has 0 bridgehead atoms. The standard InChI is InChI=1S/C21H22N4OS/c26-20(23-17-6-3-7-19(13-17)25-11-1-2-12-25)9-8-18-15-27-21(24-18)16-5-4-10-22-14-16/h3-7,10,13-15H,1-2,8-9,11-12H2,(H,23,26). The summed E-state index contributed by atoms with van der Waals surface area (Å²) in [4.78, 5) is 23.4. The first-order valence-corrected chi connectivity index (χ1v) is 10.2. The van der Waals surface area contributed by atoms with E-state index in [4.69, 9.17) is 0 Å². The van der Waals surface area contributed by atoms with Crippen molar-refractivity contribution in [3.05, 3.63) is 59.9 Å². The molecule has 3 heterocycles. The molecule has 138 valence electrons. The second kappa shape index (κ2) is 8.31. The molecule has 5 nitrogen and oxygen atoms in total. The molecule has 2 aromatic heterocycles. The van der Waals surface area contributed by atoms with Crippen molar-refractivity contribution >= 4 is 28.6 Å². The number of carbonyl (C=O) groups is 1. The third kappa shape index (κ3) is 4.52. The molecular formula is C21H22N4OS. The van der Waals surface area contributed by atoms with Crippen molar-refractivity contribution in [1.29, 1.82) is 0 Å². The Morgan fingerprint density at radius 2 is 2.07 bits per heavy atom. The Labute approximate surface area is 163 Å². The topological polar surface area (TPSA) is 58.1 Å². The number of hydrogen-bond acceptors (Lipinski definition) is 5. The Balaban J connectivity index is 1.32. The lowest BCUT2D eigenvalue weighted by Crippen LogP contribution is -2.18. The zero-order valence-electron chi connectivity index (χ0n) is 15.1. The molecule has 1 fully saturated rings. The van der Waals surface area contributed by atoms with E-state index < -0.39 is 0 Å². The summed E-state index contributed by atoms with van der Waals surface area (Å²) in [7, 11) is 0. The highest BCUT2D eigenvalue weighted by molar-refractivity contribution is 7.13. The van der Waals surface area contributed by atoms with Crippen LogP contribution in [0.4, 0.5) is 11.4 Å². The van der Waals surface area contributed by atoms with Gasteiger partial charge in [0.05, 0.1) is 5.69 Å². The second-order valence-electron chi connectivity index (χ2n) is 6.68. The van der Waals surface area contributed by atoms with E-state index >= 15 is 0 Å². The van der Waals surface area contributed by atoms with Gasteiger partial charge in [-0.15, -0.1) is 11.3 Å². The summed E-state index contributed by atoms with van der Waals surface area (Å²) in [6, 6.07) is 12.0. The Morgan fingerprint density at radius 1 is 1.19 bits per heavy atom. The fraction of sp³-hybridized carbons (Fsp3) is 0.286. The number of aryl methyl sites for hydroxylation is 1. The van der Waals surface area contributed by atoms with Gasteiger partial charge in [0.2, 0.25) is 5.91 Å². The van der Waals surface area contributed by atoms with Gasteiger partial charge in [-0.25, -0.2) is 4.98 Å². The maximum absolute atomic E-state index is 12.3. The van der Waals surface area contributed by atoms with Crippen LogP contribution in [0.15, 0.2) is 54.2 Å². The van der Waals surface area contributed by atoms with E-state index in [0.29, 0.717) is 12.8 Å². The van der Waals surface area contributed by atoms with E-state index in [9.17, 15) is 4.79 Å². The molecule has 0 radical (unpaired) electrons. The first kappa shape index (κ1) is 17.7. The Morgan fingerprint density at radius 3 is 2.89 bits per heavy atom. The summed E-state index contributed by atoms with van der Waals surface area (Å²) in [6.07, 6.45) is 7.10. The van der Waals surface area contributed by atoms with Crippen molar-refractivity contribution in [2.75, 3.05) is 23.3 Å². The molecule has 1 amide bonds. The number of benzene rings is 1. The van der Waals surface area contributed by atoms with E-state index in [1.165, 1.54) is 18.5 Å². The molecule has 4 rings (SSSR count). The third-order valence-corrected chi connectivity index (χ3v) is 5.61. The van der Waals surface area contributed by atoms with Gasteiger partial charge in [-0.05, 0) is 49.6 Å². The van der Waals surface area contributed by atoms with Gasteiger partial charge in [0.15, 0.2) is 0 Å². The Bertz CT molecular complexity index is 903. The van der Waals surface area contributed by atoms with Crippen LogP contribution in [0, 0.1) is 0 Å². The van der Waals surface area contributed by atoms with Crippen LogP contribution < -0.4 is 10.2 Å². The summed E-state index contributed by atoms with van der Waals surface area (Å²) in [5.74, 6) is 0.0181. The second-order valence-corrected chi connectivity index (χ2v) is 7.54. The molecule has 6 heteroatoms. The number of rotatable bonds is 6. The maximum atomic E-state index is 12.3. The van der Waals surface area contributed by atoms with Crippen LogP contribution >= 0.6 is 11.3 Å². The van der Waals surface area contributed by atoms with Crippen molar-refractivity contribution in [2.45, 2.75) is 25.7 Å². The number of amides is 1. The van der Waals surface area contributed by atoms with Crippen molar-refractivity contribution < 1.29 is 4.79 Å². The zero-order valence-corrected chi connectivity index (χ0v) is 15.9. The van der Waals surface area contributed by atoms with Crippen LogP contribution in [-0.4, -0.2) is 29.0 Å². The van der Waals surface area contributed by atoms with Crippen LogP contribution in [0.1, 0.15) is 25.0 Å². The van der Waals surface area contributed by atoms with Crippen LogP contribution in [0.25, 0.3) is 10.6 Å². The fourth-order valence-corrected chi connectivity index (χ4v) is 4.11. The molecule has 0 atom stereocenters. The molecule has 3 aromatic rings. The summed E-state index contributed by atoms with van der Waals surface area (Å²) in [5.41, 5.74) is 4.00. The lowest BCUT2D eigenvalue weighted by atomic mass is 10.2. The number of carbonyl (C=O) groups excluding carboxylic acids is 1. The molecular weight excluding hydrogens is 356 g/mol. The maximum Gasteiger partial charge on any atom is 0.224 e. The average molecular weight is 379 g/mol. The minimum atomic E-state index is 0.0181. The largest absolute Gasteiger partial charge is 0.371 e. The number of pyridine rings is 1. The summed E-state index contributed by atoms with van der Waals surface area (Å²) in [6.45, 7) is 2.20. The molecule has 1 saturated heterocycles. The highest BCUT2D eigenvalue weighted by Crippen LogP contribution is 2.24. The normalized spacial score (nSPS) is 13.7. The van der Waals surface area contributed by atoms with Crippen molar-refractivity contribution in [3.63, 3.8) is 0 Å². The van der Waals surface area contributed by atoms with Gasteiger partial charge in [-0.3, -0.25) is 9.78 Å². The number of aromatic nitrogens is 2. The van der Waals surface area contributed by atoms with E-state index in [2.05, 4.69) is 32.3 Å². The number of hydrogen-bond donors (Lipinski definition) is 1. The number of nitrogens with one attached hydrogen (secondary N) is 1. The van der Waals surface area contributed by atoms with Crippen molar-refractivity contribution in [3.8, 4) is 10.6 Å². The van der Waals surface area contributed by atoms with Crippen LogP contribution in [0.3, 0.4) is 0 Å². The van der Waals surface area contributed by atoms with E-state index in [0.717, 1.165) is 35.0 Å². The first-order chi connectivity index (χ1) is 13.3. The van der Waals surface area contributed by atoms with Gasteiger partial charge in [-0.1, -0.05) is 6.07 Å². The van der Waals surface area contributed by atoms with Gasteiger partial charge >= 0.3 is 0 Å². The quantitative estimate of drug-likeness (QED) is 0.692. The highest BCUT2D eigenvalue weighted by atomic mass is 32.1. The monoisotopic (exact) mass is 378 g/mol. The molecule has 27 heavy (non-hydrogen) atoms. The van der Waals surface area contributed by atoms with Crippen molar-refractivity contribution in [2.24, 2.45) is 0 Å². The highest BCUT2D eigenvalue weighted by Gasteiger charge is 2.13. The van der Waals surface area contributed by atoms with Gasteiger partial charge in [-0.2, -0.15) is 0 Å². The molecule has 1 aliphatic rings. The Hall–Kier alpha value is -2.73. The first-order valence-electron chi connectivity index (χ1n) is 9.27. The molecule has 0 aliphatic carbocycles. The minimum absolute atomic E-state index is 0.0181. The molecule has 0 saturated carbocycles. The SMILES string of the molecule is O=C(CCc1csc(-c2cccnc2)n1)Nc1cccc(N2CCCC2)c1. The predicted octanol–water partition coefficient (Wildman–Crippen LogP) is 4.38. The van der Waals surface area contributed by atoms with E-state index in [1.807, 2.05) is 35.8 Å². The predicted molar refractivity (Wildman–Crippen MR) is 110 cm³/mol. The lowest BCUT2D eigenvalue weighted by molar-refractivity contribution is -0.116. The summed E-state index contributed by atoms with van der Waals surface area (Å²) < 4.78 is 0. The number of thiazole rings is 1.